The smallest absolute Gasteiger partial charge is 0.162 e. The Morgan fingerprint density at radius 1 is 0.897 bits per heavy atom. The molecule has 2 aromatic carbocycles. The molecule has 2 aromatic heterocycles. The van der Waals surface area contributed by atoms with Crippen molar-refractivity contribution in [3.05, 3.63) is 65.6 Å². The van der Waals surface area contributed by atoms with E-state index in [1.807, 2.05) is 50.2 Å². The van der Waals surface area contributed by atoms with Crippen LogP contribution in [0.5, 0.6) is 5.75 Å². The maximum Gasteiger partial charge on any atom is 0.162 e. The van der Waals surface area contributed by atoms with E-state index in [0.29, 0.717) is 6.61 Å². The van der Waals surface area contributed by atoms with Crippen LogP contribution < -0.4 is 15.8 Å². The van der Waals surface area contributed by atoms with Crippen LogP contribution in [0.1, 0.15) is 24.0 Å². The van der Waals surface area contributed by atoms with Gasteiger partial charge in [-0.1, -0.05) is 0 Å². The van der Waals surface area contributed by atoms with E-state index in [0.717, 1.165) is 56.5 Å². The van der Waals surface area contributed by atoms with Crippen LogP contribution in [0.25, 0.3) is 16.5 Å². The molecule has 0 aliphatic rings. The van der Waals surface area contributed by atoms with Crippen molar-refractivity contribution in [3.8, 4) is 11.4 Å². The van der Waals surface area contributed by atoms with E-state index in [-0.39, 0.29) is 0 Å². The summed E-state index contributed by atoms with van der Waals surface area (Å²) in [4.78, 5) is 0. The number of ether oxygens (including phenoxy) is 1. The van der Waals surface area contributed by atoms with Crippen LogP contribution in [0, 0.1) is 20.8 Å². The predicted molar refractivity (Wildman–Crippen MR) is 118 cm³/mol. The summed E-state index contributed by atoms with van der Waals surface area (Å²) in [5, 5.41) is 14.4. The molecule has 0 aliphatic carbocycles. The van der Waals surface area contributed by atoms with Gasteiger partial charge in [0.1, 0.15) is 5.75 Å². The summed E-state index contributed by atoms with van der Waals surface area (Å²) in [6, 6.07) is 15.8. The summed E-state index contributed by atoms with van der Waals surface area (Å²) in [5.41, 5.74) is 11.7. The third-order valence-electron chi connectivity index (χ3n) is 5.12. The fourth-order valence-electron chi connectivity index (χ4n) is 3.83. The normalized spacial score (nSPS) is 11.0. The largest absolute Gasteiger partial charge is 0.494 e. The summed E-state index contributed by atoms with van der Waals surface area (Å²) in [6.45, 7) is 8.87. The molecule has 0 saturated carbocycles. The first kappa shape index (κ1) is 18.8. The van der Waals surface area contributed by atoms with Crippen molar-refractivity contribution in [3.63, 3.8) is 0 Å². The number of aryl methyl sites for hydroxylation is 3. The number of nitrogens with zero attached hydrogens (tertiary/aromatic N) is 3. The second kappa shape index (κ2) is 7.47. The lowest BCUT2D eigenvalue weighted by Crippen LogP contribution is -2.00. The molecule has 0 bridgehead atoms. The van der Waals surface area contributed by atoms with Crippen molar-refractivity contribution in [2.24, 2.45) is 0 Å². The zero-order chi connectivity index (χ0) is 20.5. The summed E-state index contributed by atoms with van der Waals surface area (Å²) >= 11 is 0. The second-order valence-corrected chi connectivity index (χ2v) is 7.06. The minimum atomic E-state index is 0.654. The molecule has 0 saturated heterocycles. The molecule has 29 heavy (non-hydrogen) atoms. The lowest BCUT2D eigenvalue weighted by molar-refractivity contribution is 0.340. The van der Waals surface area contributed by atoms with Gasteiger partial charge in [-0.2, -0.15) is 5.10 Å². The van der Waals surface area contributed by atoms with Gasteiger partial charge >= 0.3 is 0 Å². The van der Waals surface area contributed by atoms with Crippen molar-refractivity contribution < 1.29 is 4.74 Å². The van der Waals surface area contributed by atoms with E-state index < -0.39 is 0 Å². The average Bonchev–Trinajstić information content (AvgIpc) is 2.98. The van der Waals surface area contributed by atoms with Crippen molar-refractivity contribution in [2.75, 3.05) is 17.7 Å². The molecule has 4 rings (SSSR count). The first-order valence-electron chi connectivity index (χ1n) is 9.70. The molecule has 0 atom stereocenters. The van der Waals surface area contributed by atoms with Crippen LogP contribution in [-0.4, -0.2) is 21.4 Å². The zero-order valence-corrected chi connectivity index (χ0v) is 17.2. The van der Waals surface area contributed by atoms with Crippen molar-refractivity contribution in [1.29, 1.82) is 0 Å². The lowest BCUT2D eigenvalue weighted by Gasteiger charge is -2.11. The number of fused-ring (bicyclic) bond motifs is 1. The Kier molecular flexibility index (Phi) is 4.84. The number of aromatic nitrogens is 3. The fourth-order valence-corrected chi connectivity index (χ4v) is 3.83. The maximum atomic E-state index is 5.80. The maximum absolute atomic E-state index is 5.80. The number of benzene rings is 2. The minimum Gasteiger partial charge on any atom is -0.494 e. The number of hydrogen-bond acceptors (Lipinski definition) is 5. The van der Waals surface area contributed by atoms with Gasteiger partial charge in [0.2, 0.25) is 0 Å². The summed E-state index contributed by atoms with van der Waals surface area (Å²) < 4.78 is 7.82. The third kappa shape index (κ3) is 3.38. The topological polar surface area (TPSA) is 78.0 Å². The van der Waals surface area contributed by atoms with Crippen molar-refractivity contribution in [1.82, 2.24) is 14.8 Å². The minimum absolute atomic E-state index is 0.654. The van der Waals surface area contributed by atoms with Gasteiger partial charge < -0.3 is 20.4 Å². The highest BCUT2D eigenvalue weighted by Crippen LogP contribution is 2.35. The number of nitrogens with two attached hydrogens (primary N) is 1. The van der Waals surface area contributed by atoms with Crippen LogP contribution >= 0.6 is 0 Å². The van der Waals surface area contributed by atoms with Gasteiger partial charge in [-0.3, -0.25) is 0 Å². The van der Waals surface area contributed by atoms with Gasteiger partial charge in [0.25, 0.3) is 0 Å². The molecule has 0 fully saturated rings. The van der Waals surface area contributed by atoms with E-state index >= 15 is 0 Å². The molecule has 0 amide bonds. The van der Waals surface area contributed by atoms with E-state index in [1.165, 1.54) is 0 Å². The Morgan fingerprint density at radius 2 is 1.55 bits per heavy atom. The second-order valence-electron chi connectivity index (χ2n) is 7.06. The monoisotopic (exact) mass is 387 g/mol. The average molecular weight is 387 g/mol. The van der Waals surface area contributed by atoms with Gasteiger partial charge in [0.15, 0.2) is 5.82 Å². The van der Waals surface area contributed by atoms with E-state index in [4.69, 9.17) is 10.5 Å². The van der Waals surface area contributed by atoms with Gasteiger partial charge in [-0.05, 0) is 76.2 Å². The Hall–Kier alpha value is -3.54. The summed E-state index contributed by atoms with van der Waals surface area (Å²) in [7, 11) is 0. The Bertz CT molecular complexity index is 1160. The summed E-state index contributed by atoms with van der Waals surface area (Å²) in [5.74, 6) is 1.61. The number of anilines is 3. The molecule has 4 aromatic rings. The highest BCUT2D eigenvalue weighted by molar-refractivity contribution is 5.99. The molecule has 0 spiro atoms. The molecular weight excluding hydrogens is 362 g/mol. The standard InChI is InChI=1S/C23H25N5O/c1-5-29-20-12-10-19(11-13-20)28-15(3)21-14(2)26-27-23(22(21)16(28)4)25-18-8-6-17(24)7-9-18/h6-13H,5,24H2,1-4H3,(H,25,27). The van der Waals surface area contributed by atoms with E-state index in [1.54, 1.807) is 0 Å². The first-order valence-corrected chi connectivity index (χ1v) is 9.70. The Morgan fingerprint density at radius 3 is 2.21 bits per heavy atom. The fraction of sp³-hybridized carbons (Fsp3) is 0.217. The number of nitrogen functional groups attached to an aromatic ring is 1. The Balaban J connectivity index is 1.85. The SMILES string of the molecule is CCOc1ccc(-n2c(C)c3c(C)nnc(Nc4ccc(N)cc4)c3c2C)cc1. The van der Waals surface area contributed by atoms with Crippen LogP contribution in [0.3, 0.4) is 0 Å². The summed E-state index contributed by atoms with van der Waals surface area (Å²) in [6.07, 6.45) is 0. The number of nitrogens with one attached hydrogen (secondary N) is 1. The molecule has 2 heterocycles. The first-order chi connectivity index (χ1) is 14.0. The highest BCUT2D eigenvalue weighted by Gasteiger charge is 2.19. The van der Waals surface area contributed by atoms with Gasteiger partial charge in [-0.25, -0.2) is 0 Å². The Labute approximate surface area is 170 Å². The highest BCUT2D eigenvalue weighted by atomic mass is 16.5. The third-order valence-corrected chi connectivity index (χ3v) is 5.12. The molecule has 6 heteroatoms. The van der Waals surface area contributed by atoms with Crippen molar-refractivity contribution >= 4 is 28.0 Å². The van der Waals surface area contributed by atoms with Crippen LogP contribution in [0.2, 0.25) is 0 Å². The zero-order valence-electron chi connectivity index (χ0n) is 17.2. The lowest BCUT2D eigenvalue weighted by atomic mass is 10.1. The van der Waals surface area contributed by atoms with Gasteiger partial charge in [0.05, 0.1) is 12.3 Å². The number of hydrogen-bond donors (Lipinski definition) is 2. The van der Waals surface area contributed by atoms with Crippen molar-refractivity contribution in [2.45, 2.75) is 27.7 Å². The van der Waals surface area contributed by atoms with Crippen LogP contribution in [0.15, 0.2) is 48.5 Å². The molecule has 0 radical (unpaired) electrons. The molecule has 3 N–H and O–H groups in total. The van der Waals surface area contributed by atoms with Crippen LogP contribution in [0.4, 0.5) is 17.2 Å². The van der Waals surface area contributed by atoms with E-state index in [2.05, 4.69) is 46.1 Å². The molecule has 6 nitrogen and oxygen atoms in total. The quantitative estimate of drug-likeness (QED) is 0.468. The molecule has 148 valence electrons. The molecular formula is C23H25N5O. The molecule has 0 unspecified atom stereocenters. The van der Waals surface area contributed by atoms with Gasteiger partial charge in [-0.15, -0.1) is 5.10 Å². The molecule has 0 aliphatic heterocycles. The van der Waals surface area contributed by atoms with Gasteiger partial charge in [0, 0.05) is 39.2 Å². The number of rotatable bonds is 5. The predicted octanol–water partition coefficient (Wildman–Crippen LogP) is 5.07. The van der Waals surface area contributed by atoms with E-state index in [9.17, 15) is 0 Å². The van der Waals surface area contributed by atoms with Crippen LogP contribution in [-0.2, 0) is 0 Å².